The van der Waals surface area contributed by atoms with Crippen molar-refractivity contribution in [2.24, 2.45) is 0 Å². The van der Waals surface area contributed by atoms with Crippen molar-refractivity contribution in [1.82, 2.24) is 19.8 Å². The van der Waals surface area contributed by atoms with Gasteiger partial charge in [-0.25, -0.2) is 4.98 Å². The summed E-state index contributed by atoms with van der Waals surface area (Å²) in [6.45, 7) is 6.17. The normalized spacial score (nSPS) is 15.2. The molecule has 1 aromatic carbocycles. The third kappa shape index (κ3) is 3.42. The summed E-state index contributed by atoms with van der Waals surface area (Å²) in [7, 11) is 0. The van der Waals surface area contributed by atoms with Gasteiger partial charge >= 0.3 is 0 Å². The van der Waals surface area contributed by atoms with Crippen molar-refractivity contribution in [3.8, 4) is 0 Å². The summed E-state index contributed by atoms with van der Waals surface area (Å²) in [5.74, 6) is -0.293. The van der Waals surface area contributed by atoms with Gasteiger partial charge in [0.1, 0.15) is 0 Å². The first-order chi connectivity index (χ1) is 11.2. The number of para-hydroxylation sites is 2. The number of aromatic nitrogens is 2. The van der Waals surface area contributed by atoms with E-state index in [-0.39, 0.29) is 11.6 Å². The molecule has 1 fully saturated rings. The van der Waals surface area contributed by atoms with Crippen molar-refractivity contribution in [2.45, 2.75) is 19.8 Å². The Morgan fingerprint density at radius 2 is 2.04 bits per heavy atom. The van der Waals surface area contributed by atoms with Crippen molar-refractivity contribution in [1.29, 1.82) is 0 Å². The topological polar surface area (TPSA) is 69.3 Å². The number of likely N-dealkylation sites (N-methyl/N-ethyl adjacent to an activating group) is 1. The summed E-state index contributed by atoms with van der Waals surface area (Å²) >= 11 is 0. The van der Waals surface area contributed by atoms with Crippen molar-refractivity contribution in [3.63, 3.8) is 0 Å². The molecule has 0 unspecified atom stereocenters. The molecule has 6 heteroatoms. The zero-order chi connectivity index (χ0) is 16.2. The minimum atomic E-state index is -0.423. The Bertz CT molecular complexity index is 750. The maximum absolute atomic E-state index is 12.7. The van der Waals surface area contributed by atoms with E-state index in [0.717, 1.165) is 19.6 Å². The standard InChI is InChI=1S/C17H22N4O2/c1-2-21(12-11-20-9-5-6-10-20)17(23)15-16(22)19-14-8-4-3-7-13(14)18-15/h3-4,7-8H,2,5-6,9-12H2,1H3,(H,19,22). The van der Waals surface area contributed by atoms with Crippen LogP contribution in [0.4, 0.5) is 0 Å². The number of likely N-dealkylation sites (tertiary alicyclic amines) is 1. The van der Waals surface area contributed by atoms with Gasteiger partial charge in [0.2, 0.25) is 0 Å². The Labute approximate surface area is 135 Å². The van der Waals surface area contributed by atoms with Crippen LogP contribution in [-0.2, 0) is 0 Å². The first kappa shape index (κ1) is 15.7. The maximum atomic E-state index is 12.7. The van der Waals surface area contributed by atoms with E-state index in [4.69, 9.17) is 0 Å². The number of hydrogen-bond donors (Lipinski definition) is 1. The van der Waals surface area contributed by atoms with Crippen molar-refractivity contribution in [2.75, 3.05) is 32.7 Å². The second kappa shape index (κ2) is 6.91. The zero-order valence-corrected chi connectivity index (χ0v) is 13.4. The fourth-order valence-corrected chi connectivity index (χ4v) is 3.00. The minimum absolute atomic E-state index is 0.0213. The highest BCUT2D eigenvalue weighted by Crippen LogP contribution is 2.09. The first-order valence-electron chi connectivity index (χ1n) is 8.19. The number of benzene rings is 1. The van der Waals surface area contributed by atoms with Gasteiger partial charge in [0.05, 0.1) is 11.0 Å². The molecule has 1 saturated heterocycles. The lowest BCUT2D eigenvalue weighted by atomic mass is 10.2. The van der Waals surface area contributed by atoms with Gasteiger partial charge in [-0.15, -0.1) is 0 Å². The molecule has 2 aromatic rings. The molecule has 1 aliphatic rings. The molecule has 1 N–H and O–H groups in total. The minimum Gasteiger partial charge on any atom is -0.336 e. The highest BCUT2D eigenvalue weighted by Gasteiger charge is 2.21. The highest BCUT2D eigenvalue weighted by atomic mass is 16.2. The molecule has 23 heavy (non-hydrogen) atoms. The number of nitrogens with one attached hydrogen (secondary N) is 1. The lowest BCUT2D eigenvalue weighted by molar-refractivity contribution is 0.0742. The van der Waals surface area contributed by atoms with Crippen LogP contribution in [0.25, 0.3) is 11.0 Å². The fourth-order valence-electron chi connectivity index (χ4n) is 3.00. The van der Waals surface area contributed by atoms with Gasteiger partial charge < -0.3 is 14.8 Å². The molecular formula is C17H22N4O2. The summed E-state index contributed by atoms with van der Waals surface area (Å²) in [6, 6.07) is 7.24. The largest absolute Gasteiger partial charge is 0.336 e. The van der Waals surface area contributed by atoms with E-state index in [1.165, 1.54) is 12.8 Å². The number of nitrogens with zero attached hydrogens (tertiary/aromatic N) is 3. The van der Waals surface area contributed by atoms with Gasteiger partial charge in [-0.1, -0.05) is 12.1 Å². The maximum Gasteiger partial charge on any atom is 0.280 e. The third-order valence-corrected chi connectivity index (χ3v) is 4.36. The van der Waals surface area contributed by atoms with E-state index < -0.39 is 5.56 Å². The molecule has 0 aliphatic carbocycles. The van der Waals surface area contributed by atoms with E-state index in [1.807, 2.05) is 19.1 Å². The van der Waals surface area contributed by atoms with E-state index >= 15 is 0 Å². The van der Waals surface area contributed by atoms with Crippen LogP contribution in [0.2, 0.25) is 0 Å². The van der Waals surface area contributed by atoms with Gasteiger partial charge in [-0.05, 0) is 45.0 Å². The van der Waals surface area contributed by atoms with Crippen LogP contribution in [-0.4, -0.2) is 58.4 Å². The number of carbonyl (C=O) groups excluding carboxylic acids is 1. The SMILES string of the molecule is CCN(CCN1CCCC1)C(=O)c1nc2ccccc2[nH]c1=O. The highest BCUT2D eigenvalue weighted by molar-refractivity contribution is 5.93. The Balaban J connectivity index is 1.79. The van der Waals surface area contributed by atoms with Crippen LogP contribution in [0.3, 0.4) is 0 Å². The lowest BCUT2D eigenvalue weighted by Gasteiger charge is -2.23. The molecule has 1 amide bonds. The smallest absolute Gasteiger partial charge is 0.280 e. The van der Waals surface area contributed by atoms with Crippen molar-refractivity contribution in [3.05, 3.63) is 40.3 Å². The Hall–Kier alpha value is -2.21. The number of rotatable bonds is 5. The lowest BCUT2D eigenvalue weighted by Crippen LogP contribution is -2.40. The zero-order valence-electron chi connectivity index (χ0n) is 13.4. The molecule has 6 nitrogen and oxygen atoms in total. The molecule has 2 heterocycles. The van der Waals surface area contributed by atoms with E-state index in [2.05, 4.69) is 14.9 Å². The van der Waals surface area contributed by atoms with Crippen LogP contribution in [0.1, 0.15) is 30.3 Å². The second-order valence-corrected chi connectivity index (χ2v) is 5.87. The predicted molar refractivity (Wildman–Crippen MR) is 89.6 cm³/mol. The Kier molecular flexibility index (Phi) is 4.71. The summed E-state index contributed by atoms with van der Waals surface area (Å²) in [4.78, 5) is 35.9. The molecule has 0 atom stereocenters. The average Bonchev–Trinajstić information content (AvgIpc) is 3.08. The molecule has 1 aromatic heterocycles. The van der Waals surface area contributed by atoms with Gasteiger partial charge in [-0.3, -0.25) is 9.59 Å². The Morgan fingerprint density at radius 3 is 2.78 bits per heavy atom. The molecule has 1 aliphatic heterocycles. The van der Waals surface area contributed by atoms with E-state index in [9.17, 15) is 9.59 Å². The fraction of sp³-hybridized carbons (Fsp3) is 0.471. The van der Waals surface area contributed by atoms with Crippen molar-refractivity contribution < 1.29 is 4.79 Å². The molecular weight excluding hydrogens is 292 g/mol. The van der Waals surface area contributed by atoms with Crippen LogP contribution < -0.4 is 5.56 Å². The van der Waals surface area contributed by atoms with Gasteiger partial charge in [0, 0.05) is 19.6 Å². The average molecular weight is 314 g/mol. The molecule has 0 saturated carbocycles. The van der Waals surface area contributed by atoms with Gasteiger partial charge in [0.15, 0.2) is 5.69 Å². The first-order valence-corrected chi connectivity index (χ1v) is 8.19. The van der Waals surface area contributed by atoms with Crippen LogP contribution >= 0.6 is 0 Å². The van der Waals surface area contributed by atoms with Crippen LogP contribution in [0.15, 0.2) is 29.1 Å². The second-order valence-electron chi connectivity index (χ2n) is 5.87. The number of fused-ring (bicyclic) bond motifs is 1. The summed E-state index contributed by atoms with van der Waals surface area (Å²) in [5.41, 5.74) is 0.834. The number of amides is 1. The molecule has 0 radical (unpaired) electrons. The van der Waals surface area contributed by atoms with Gasteiger partial charge in [0.25, 0.3) is 11.5 Å². The number of hydrogen-bond acceptors (Lipinski definition) is 4. The predicted octanol–water partition coefficient (Wildman–Crippen LogP) is 1.48. The van der Waals surface area contributed by atoms with Crippen LogP contribution in [0.5, 0.6) is 0 Å². The number of aromatic amines is 1. The molecule has 122 valence electrons. The monoisotopic (exact) mass is 314 g/mol. The third-order valence-electron chi connectivity index (χ3n) is 4.36. The van der Waals surface area contributed by atoms with Crippen LogP contribution in [0, 0.1) is 0 Å². The van der Waals surface area contributed by atoms with Crippen molar-refractivity contribution >= 4 is 16.9 Å². The van der Waals surface area contributed by atoms with E-state index in [0.29, 0.717) is 24.1 Å². The molecule has 0 bridgehead atoms. The van der Waals surface area contributed by atoms with E-state index in [1.54, 1.807) is 17.0 Å². The quantitative estimate of drug-likeness (QED) is 0.907. The number of H-pyrrole nitrogens is 1. The molecule has 0 spiro atoms. The summed E-state index contributed by atoms with van der Waals surface area (Å²) in [5, 5.41) is 0. The molecule has 3 rings (SSSR count). The summed E-state index contributed by atoms with van der Waals surface area (Å²) < 4.78 is 0. The summed E-state index contributed by atoms with van der Waals surface area (Å²) in [6.07, 6.45) is 2.46. The van der Waals surface area contributed by atoms with Gasteiger partial charge in [-0.2, -0.15) is 0 Å². The Morgan fingerprint density at radius 1 is 1.30 bits per heavy atom. The number of carbonyl (C=O) groups is 1.